The molecule has 0 fully saturated rings. The van der Waals surface area contributed by atoms with Crippen LogP contribution in [0.4, 0.5) is 0 Å². The molecule has 2 aromatic rings. The van der Waals surface area contributed by atoms with Crippen LogP contribution in [0, 0.1) is 25.2 Å². The number of nitrogens with zero attached hydrogens (tertiary/aromatic N) is 2. The van der Waals surface area contributed by atoms with Crippen LogP contribution in [-0.2, 0) is 6.42 Å². The lowest BCUT2D eigenvalue weighted by Crippen LogP contribution is -2.03. The van der Waals surface area contributed by atoms with Crippen molar-refractivity contribution in [1.82, 2.24) is 4.98 Å². The van der Waals surface area contributed by atoms with E-state index in [-0.39, 0.29) is 5.25 Å². The molecule has 1 aromatic heterocycles. The number of hydrogen-bond acceptors (Lipinski definition) is 4. The largest absolute Gasteiger partial charge is 0.235 e. The molecule has 0 saturated heterocycles. The van der Waals surface area contributed by atoms with Crippen molar-refractivity contribution < 1.29 is 0 Å². The summed E-state index contributed by atoms with van der Waals surface area (Å²) in [5, 5.41) is 11.2. The van der Waals surface area contributed by atoms with Gasteiger partial charge < -0.3 is 0 Å². The van der Waals surface area contributed by atoms with Crippen LogP contribution in [0.3, 0.4) is 0 Å². The first-order chi connectivity index (χ1) is 8.67. The van der Waals surface area contributed by atoms with E-state index < -0.39 is 0 Å². The van der Waals surface area contributed by atoms with Gasteiger partial charge in [0.15, 0.2) is 4.34 Å². The van der Waals surface area contributed by atoms with E-state index in [2.05, 4.69) is 42.2 Å². The quantitative estimate of drug-likeness (QED) is 0.791. The molecule has 2 rings (SSSR count). The maximum atomic E-state index is 9.22. The smallest absolute Gasteiger partial charge is 0.151 e. The summed E-state index contributed by atoms with van der Waals surface area (Å²) >= 11 is 3.16. The molecule has 1 heterocycles. The molecule has 1 aromatic carbocycles. The van der Waals surface area contributed by atoms with Gasteiger partial charge >= 0.3 is 0 Å². The molecule has 0 amide bonds. The molecular formula is C14H14N2S2. The Morgan fingerprint density at radius 3 is 2.61 bits per heavy atom. The van der Waals surface area contributed by atoms with Crippen LogP contribution in [0.5, 0.6) is 0 Å². The highest BCUT2D eigenvalue weighted by atomic mass is 32.2. The van der Waals surface area contributed by atoms with Crippen molar-refractivity contribution in [2.24, 2.45) is 0 Å². The second-order valence-electron chi connectivity index (χ2n) is 4.18. The highest BCUT2D eigenvalue weighted by Gasteiger charge is 2.12. The Bertz CT molecular complexity index is 552. The Kier molecular flexibility index (Phi) is 4.40. The highest BCUT2D eigenvalue weighted by Crippen LogP contribution is 2.28. The molecule has 0 N–H and O–H groups in total. The predicted molar refractivity (Wildman–Crippen MR) is 77.0 cm³/mol. The second kappa shape index (κ2) is 6.03. The maximum absolute atomic E-state index is 9.22. The van der Waals surface area contributed by atoms with Crippen molar-refractivity contribution in [3.05, 3.63) is 46.5 Å². The minimum Gasteiger partial charge on any atom is -0.235 e. The number of thiazole rings is 1. The van der Waals surface area contributed by atoms with Crippen molar-refractivity contribution >= 4 is 23.1 Å². The van der Waals surface area contributed by atoms with E-state index in [1.165, 1.54) is 11.1 Å². The normalized spacial score (nSPS) is 12.1. The van der Waals surface area contributed by atoms with Crippen molar-refractivity contribution in [1.29, 1.82) is 5.26 Å². The van der Waals surface area contributed by atoms with Crippen molar-refractivity contribution in [2.45, 2.75) is 29.9 Å². The van der Waals surface area contributed by atoms with Crippen LogP contribution in [0.1, 0.15) is 16.8 Å². The molecule has 2 nitrogen and oxygen atoms in total. The van der Waals surface area contributed by atoms with Gasteiger partial charge in [-0.25, -0.2) is 4.98 Å². The summed E-state index contributed by atoms with van der Waals surface area (Å²) in [4.78, 5) is 4.38. The Balaban J connectivity index is 2.02. The van der Waals surface area contributed by atoms with Gasteiger partial charge in [0.1, 0.15) is 5.25 Å². The summed E-state index contributed by atoms with van der Waals surface area (Å²) in [7, 11) is 0. The third-order valence-electron chi connectivity index (χ3n) is 2.53. The molecule has 0 aliphatic rings. The topological polar surface area (TPSA) is 36.7 Å². The van der Waals surface area contributed by atoms with E-state index >= 15 is 0 Å². The van der Waals surface area contributed by atoms with Crippen molar-refractivity contribution in [3.63, 3.8) is 0 Å². The van der Waals surface area contributed by atoms with Gasteiger partial charge in [0.25, 0.3) is 0 Å². The van der Waals surface area contributed by atoms with Crippen LogP contribution in [-0.4, -0.2) is 10.2 Å². The van der Waals surface area contributed by atoms with Crippen molar-refractivity contribution in [3.8, 4) is 6.07 Å². The number of benzene rings is 1. The van der Waals surface area contributed by atoms with Gasteiger partial charge in [-0.1, -0.05) is 41.6 Å². The van der Waals surface area contributed by atoms with E-state index in [1.54, 1.807) is 23.1 Å². The first-order valence-electron chi connectivity index (χ1n) is 5.71. The monoisotopic (exact) mass is 274 g/mol. The molecule has 0 aliphatic carbocycles. The highest BCUT2D eigenvalue weighted by molar-refractivity contribution is 8.01. The lowest BCUT2D eigenvalue weighted by Gasteiger charge is -2.07. The third-order valence-corrected chi connectivity index (χ3v) is 4.71. The lowest BCUT2D eigenvalue weighted by molar-refractivity contribution is 1.02. The van der Waals surface area contributed by atoms with Gasteiger partial charge in [0, 0.05) is 11.1 Å². The van der Waals surface area contributed by atoms with Gasteiger partial charge in [-0.3, -0.25) is 0 Å². The van der Waals surface area contributed by atoms with E-state index in [4.69, 9.17) is 0 Å². The molecule has 1 unspecified atom stereocenters. The first-order valence-corrected chi connectivity index (χ1v) is 7.47. The summed E-state index contributed by atoms with van der Waals surface area (Å²) in [5.41, 5.74) is 3.47. The molecule has 0 radical (unpaired) electrons. The van der Waals surface area contributed by atoms with Gasteiger partial charge in [-0.05, 0) is 25.8 Å². The fourth-order valence-electron chi connectivity index (χ4n) is 1.56. The number of rotatable bonds is 4. The molecule has 4 heteroatoms. The average molecular weight is 274 g/mol. The van der Waals surface area contributed by atoms with Gasteiger partial charge in [-0.15, -0.1) is 11.3 Å². The van der Waals surface area contributed by atoms with Gasteiger partial charge in [-0.2, -0.15) is 5.26 Å². The zero-order chi connectivity index (χ0) is 13.0. The Morgan fingerprint density at radius 2 is 2.06 bits per heavy atom. The Morgan fingerprint density at radius 1 is 1.33 bits per heavy atom. The van der Waals surface area contributed by atoms with Crippen molar-refractivity contribution in [2.75, 3.05) is 0 Å². The number of hydrogen-bond donors (Lipinski definition) is 0. The van der Waals surface area contributed by atoms with Gasteiger partial charge in [0.05, 0.1) is 6.07 Å². The van der Waals surface area contributed by atoms with E-state index in [9.17, 15) is 5.26 Å². The number of aromatic nitrogens is 1. The summed E-state index contributed by atoms with van der Waals surface area (Å²) in [6, 6.07) is 10.7. The minimum absolute atomic E-state index is 0.0711. The lowest BCUT2D eigenvalue weighted by atomic mass is 10.1. The summed E-state index contributed by atoms with van der Waals surface area (Å²) in [6.07, 6.45) is 0.764. The molecule has 0 spiro atoms. The zero-order valence-electron chi connectivity index (χ0n) is 10.4. The summed E-state index contributed by atoms with van der Waals surface area (Å²) in [6.45, 7) is 4.04. The third kappa shape index (κ3) is 3.59. The first kappa shape index (κ1) is 13.1. The molecular weight excluding hydrogens is 260 g/mol. The number of nitriles is 1. The summed E-state index contributed by atoms with van der Waals surface area (Å²) < 4.78 is 0.978. The van der Waals surface area contributed by atoms with Crippen LogP contribution >= 0.6 is 23.1 Å². The number of aryl methyl sites for hydroxylation is 2. The SMILES string of the molecule is Cc1ccc(CC(C#N)Sc2nc(C)cs2)cc1. The van der Waals surface area contributed by atoms with E-state index in [1.807, 2.05) is 12.3 Å². The zero-order valence-corrected chi connectivity index (χ0v) is 12.0. The van der Waals surface area contributed by atoms with Crippen LogP contribution in [0.15, 0.2) is 34.0 Å². The van der Waals surface area contributed by atoms with Crippen LogP contribution < -0.4 is 0 Å². The van der Waals surface area contributed by atoms with Crippen LogP contribution in [0.25, 0.3) is 0 Å². The molecule has 1 atom stereocenters. The van der Waals surface area contributed by atoms with Crippen LogP contribution in [0.2, 0.25) is 0 Å². The minimum atomic E-state index is -0.0711. The molecule has 92 valence electrons. The van der Waals surface area contributed by atoms with Gasteiger partial charge in [0.2, 0.25) is 0 Å². The molecule has 0 saturated carbocycles. The van der Waals surface area contributed by atoms with E-state index in [0.29, 0.717) is 0 Å². The predicted octanol–water partition coefficient (Wildman–Crippen LogP) is 3.99. The Labute approximate surface area is 116 Å². The average Bonchev–Trinajstić information content (AvgIpc) is 2.77. The fourth-order valence-corrected chi connectivity index (χ4v) is 3.56. The Hall–Kier alpha value is -1.31. The maximum Gasteiger partial charge on any atom is 0.151 e. The molecule has 0 aliphatic heterocycles. The van der Waals surface area contributed by atoms with E-state index in [0.717, 1.165) is 16.5 Å². The fraction of sp³-hybridized carbons (Fsp3) is 0.286. The number of thioether (sulfide) groups is 1. The molecule has 18 heavy (non-hydrogen) atoms. The molecule has 0 bridgehead atoms. The summed E-state index contributed by atoms with van der Waals surface area (Å²) in [5.74, 6) is 0. The standard InChI is InChI=1S/C14H14N2S2/c1-10-3-5-12(6-4-10)7-13(8-15)18-14-16-11(2)9-17-14/h3-6,9,13H,7H2,1-2H3. The second-order valence-corrected chi connectivity index (χ2v) is 6.49.